The first-order valence-corrected chi connectivity index (χ1v) is 13.2. The molecule has 0 unspecified atom stereocenters. The van der Waals surface area contributed by atoms with Crippen LogP contribution < -0.4 is 19.9 Å². The quantitative estimate of drug-likeness (QED) is 0.322. The Bertz CT molecular complexity index is 1520. The molecule has 0 atom stereocenters. The summed E-state index contributed by atoms with van der Waals surface area (Å²) in [4.78, 5) is 17.4. The number of hydrogen-bond donors (Lipinski definition) is 1. The number of imidazole rings is 1. The molecule has 1 N–H and O–H groups in total. The van der Waals surface area contributed by atoms with Crippen molar-refractivity contribution in [2.45, 2.75) is 39.3 Å². The van der Waals surface area contributed by atoms with Gasteiger partial charge in [-0.3, -0.25) is 0 Å². The Morgan fingerprint density at radius 2 is 1.52 bits per heavy atom. The number of nitrogens with one attached hydrogen (secondary N) is 1. The number of piperazine rings is 1. The Morgan fingerprint density at radius 1 is 0.875 bits per heavy atom. The third-order valence-electron chi connectivity index (χ3n) is 7.33. The molecule has 212 valence electrons. The number of nitrogens with zero attached hydrogens (tertiary/aromatic N) is 6. The van der Waals surface area contributed by atoms with Gasteiger partial charge >= 0.3 is 6.18 Å². The summed E-state index contributed by atoms with van der Waals surface area (Å²) in [6.45, 7) is 10.9. The van der Waals surface area contributed by atoms with Crippen LogP contribution in [0.15, 0.2) is 42.5 Å². The molecule has 5 rings (SSSR count). The zero-order valence-corrected chi connectivity index (χ0v) is 23.6. The van der Waals surface area contributed by atoms with Gasteiger partial charge in [-0.15, -0.1) is 0 Å². The zero-order valence-electron chi connectivity index (χ0n) is 23.6. The van der Waals surface area contributed by atoms with E-state index in [0.29, 0.717) is 32.1 Å². The van der Waals surface area contributed by atoms with Gasteiger partial charge in [-0.05, 0) is 53.8 Å². The second kappa shape index (κ2) is 10.2. The molecule has 11 heteroatoms. The van der Waals surface area contributed by atoms with E-state index >= 15 is 0 Å². The number of aromatic nitrogens is 4. The molecule has 0 saturated carbocycles. The molecule has 0 amide bonds. The molecule has 4 aromatic rings. The first kappa shape index (κ1) is 27.5. The van der Waals surface area contributed by atoms with Crippen LogP contribution in [0.5, 0.6) is 5.75 Å². The third-order valence-corrected chi connectivity index (χ3v) is 7.33. The van der Waals surface area contributed by atoms with Crippen LogP contribution in [-0.2, 0) is 18.6 Å². The molecule has 2 aromatic carbocycles. The average Bonchev–Trinajstić information content (AvgIpc) is 3.26. The lowest BCUT2D eigenvalue weighted by molar-refractivity contribution is -0.146. The highest BCUT2D eigenvalue weighted by molar-refractivity contribution is 5.88. The minimum absolute atomic E-state index is 0.00420. The molecule has 0 bridgehead atoms. The fourth-order valence-electron chi connectivity index (χ4n) is 4.89. The van der Waals surface area contributed by atoms with Gasteiger partial charge in [-0.1, -0.05) is 32.9 Å². The largest absolute Gasteiger partial charge is 0.497 e. The second-order valence-electron chi connectivity index (χ2n) is 11.1. The number of methoxy groups -OCH3 is 1. The highest BCUT2D eigenvalue weighted by Crippen LogP contribution is 2.35. The normalized spacial score (nSPS) is 14.6. The summed E-state index contributed by atoms with van der Waals surface area (Å²) in [5, 5.41) is 3.33. The maximum Gasteiger partial charge on any atom is 0.449 e. The maximum atomic E-state index is 13.8. The summed E-state index contributed by atoms with van der Waals surface area (Å²) < 4.78 is 47.7. The predicted molar refractivity (Wildman–Crippen MR) is 152 cm³/mol. The Labute approximate surface area is 231 Å². The van der Waals surface area contributed by atoms with E-state index in [2.05, 4.69) is 47.0 Å². The van der Waals surface area contributed by atoms with Crippen LogP contribution in [0, 0.1) is 6.92 Å². The van der Waals surface area contributed by atoms with E-state index in [-0.39, 0.29) is 22.4 Å². The molecule has 1 fully saturated rings. The lowest BCUT2D eigenvalue weighted by atomic mass is 9.86. The minimum atomic E-state index is -4.63. The lowest BCUT2D eigenvalue weighted by Gasteiger charge is -2.36. The number of hydrogen-bond acceptors (Lipinski definition) is 7. The Balaban J connectivity index is 1.51. The minimum Gasteiger partial charge on any atom is -0.497 e. The van der Waals surface area contributed by atoms with Gasteiger partial charge in [0, 0.05) is 44.6 Å². The molecule has 0 spiro atoms. The van der Waals surface area contributed by atoms with Crippen molar-refractivity contribution in [1.29, 1.82) is 0 Å². The summed E-state index contributed by atoms with van der Waals surface area (Å²) in [5.41, 5.74) is 4.01. The van der Waals surface area contributed by atoms with Crippen molar-refractivity contribution >= 4 is 34.3 Å². The zero-order chi connectivity index (χ0) is 28.8. The molecule has 2 aromatic heterocycles. The van der Waals surface area contributed by atoms with E-state index < -0.39 is 12.0 Å². The van der Waals surface area contributed by atoms with E-state index in [1.54, 1.807) is 7.11 Å². The van der Waals surface area contributed by atoms with Crippen LogP contribution in [0.2, 0.25) is 0 Å². The van der Waals surface area contributed by atoms with Gasteiger partial charge < -0.3 is 24.4 Å². The SMILES string of the molecule is COc1ccc(N2CCN(c3nc(Nc4cc(C(C)(C)C)ccc4C)c4c(n3)nc(C(F)(F)F)n4C)CC2)cc1. The standard InChI is InChI=1S/C29H34F3N7O/c1-18-7-8-19(28(2,3)4)17-22(18)33-24-23-25(34-26(37(23)5)29(30,31)32)36-27(35-24)39-15-13-38(14-16-39)20-9-11-21(40-6)12-10-20/h7-12,17H,13-16H2,1-6H3,(H,33,35,36). The number of benzene rings is 2. The first-order valence-electron chi connectivity index (χ1n) is 13.2. The third kappa shape index (κ3) is 5.37. The number of aryl methyl sites for hydroxylation is 2. The fourth-order valence-corrected chi connectivity index (χ4v) is 4.89. The van der Waals surface area contributed by atoms with E-state index in [1.165, 1.54) is 7.05 Å². The molecule has 8 nitrogen and oxygen atoms in total. The molecule has 0 radical (unpaired) electrons. The highest BCUT2D eigenvalue weighted by atomic mass is 19.4. The van der Waals surface area contributed by atoms with Gasteiger partial charge in [0.2, 0.25) is 11.8 Å². The summed E-state index contributed by atoms with van der Waals surface area (Å²) >= 11 is 0. The van der Waals surface area contributed by atoms with Crippen LogP contribution in [0.25, 0.3) is 11.2 Å². The van der Waals surface area contributed by atoms with E-state index in [0.717, 1.165) is 32.8 Å². The monoisotopic (exact) mass is 553 g/mol. The molecular weight excluding hydrogens is 519 g/mol. The van der Waals surface area contributed by atoms with Gasteiger partial charge in [-0.2, -0.15) is 23.1 Å². The molecule has 0 aliphatic carbocycles. The number of alkyl halides is 3. The lowest BCUT2D eigenvalue weighted by Crippen LogP contribution is -2.47. The Kier molecular flexibility index (Phi) is 7.01. The van der Waals surface area contributed by atoms with Crippen molar-refractivity contribution in [3.63, 3.8) is 0 Å². The van der Waals surface area contributed by atoms with Gasteiger partial charge in [0.1, 0.15) is 11.3 Å². The van der Waals surface area contributed by atoms with Gasteiger partial charge in [0.05, 0.1) is 7.11 Å². The molecule has 1 aliphatic rings. The summed E-state index contributed by atoms with van der Waals surface area (Å²) in [7, 11) is 2.98. The number of fused-ring (bicyclic) bond motifs is 1. The van der Waals surface area contributed by atoms with Crippen LogP contribution in [0.3, 0.4) is 0 Å². The van der Waals surface area contributed by atoms with Crippen LogP contribution in [0.4, 0.5) is 36.3 Å². The van der Waals surface area contributed by atoms with E-state index in [1.807, 2.05) is 48.2 Å². The molecule has 1 saturated heterocycles. The Hall–Kier alpha value is -4.02. The van der Waals surface area contributed by atoms with Crippen molar-refractivity contribution in [3.05, 3.63) is 59.4 Å². The summed E-state index contributed by atoms with van der Waals surface area (Å²) in [6, 6.07) is 14.0. The Morgan fingerprint density at radius 3 is 2.12 bits per heavy atom. The molecule has 3 heterocycles. The van der Waals surface area contributed by atoms with Crippen molar-refractivity contribution < 1.29 is 17.9 Å². The van der Waals surface area contributed by atoms with Gasteiger partial charge in [-0.25, -0.2) is 4.98 Å². The maximum absolute atomic E-state index is 13.8. The molecular formula is C29H34F3N7O. The van der Waals surface area contributed by atoms with Crippen LogP contribution in [-0.4, -0.2) is 52.8 Å². The average molecular weight is 554 g/mol. The van der Waals surface area contributed by atoms with Gasteiger partial charge in [0.15, 0.2) is 11.5 Å². The number of rotatable bonds is 5. The topological polar surface area (TPSA) is 71.3 Å². The van der Waals surface area contributed by atoms with Crippen LogP contribution in [0.1, 0.15) is 37.7 Å². The summed E-state index contributed by atoms with van der Waals surface area (Å²) in [6.07, 6.45) is -4.63. The smallest absolute Gasteiger partial charge is 0.449 e. The van der Waals surface area contributed by atoms with Crippen molar-refractivity contribution in [2.24, 2.45) is 7.05 Å². The van der Waals surface area contributed by atoms with E-state index in [4.69, 9.17) is 9.72 Å². The van der Waals surface area contributed by atoms with Crippen molar-refractivity contribution in [1.82, 2.24) is 19.5 Å². The summed E-state index contributed by atoms with van der Waals surface area (Å²) in [5.74, 6) is 0.417. The van der Waals surface area contributed by atoms with Crippen molar-refractivity contribution in [2.75, 3.05) is 48.4 Å². The van der Waals surface area contributed by atoms with E-state index in [9.17, 15) is 13.2 Å². The fraction of sp³-hybridized carbons (Fsp3) is 0.414. The van der Waals surface area contributed by atoms with Gasteiger partial charge in [0.25, 0.3) is 0 Å². The van der Waals surface area contributed by atoms with Crippen LogP contribution >= 0.6 is 0 Å². The highest BCUT2D eigenvalue weighted by Gasteiger charge is 2.38. The number of ether oxygens (including phenoxy) is 1. The second-order valence-corrected chi connectivity index (χ2v) is 11.1. The predicted octanol–water partition coefficient (Wildman–Crippen LogP) is 6.07. The molecule has 40 heavy (non-hydrogen) atoms. The number of halogens is 3. The first-order chi connectivity index (χ1) is 18.8. The number of anilines is 4. The molecule has 1 aliphatic heterocycles. The van der Waals surface area contributed by atoms with Crippen molar-refractivity contribution in [3.8, 4) is 5.75 Å².